The lowest BCUT2D eigenvalue weighted by molar-refractivity contribution is -0.118. The number of carbonyl (C=O) groups excluding carboxylic acids is 2. The summed E-state index contributed by atoms with van der Waals surface area (Å²) >= 11 is 5.80. The minimum atomic E-state index is -0.840. The van der Waals surface area contributed by atoms with E-state index in [-0.39, 0.29) is 30.3 Å². The van der Waals surface area contributed by atoms with Gasteiger partial charge in [0.2, 0.25) is 0 Å². The molecule has 2 aromatic carbocycles. The van der Waals surface area contributed by atoms with Crippen LogP contribution in [-0.4, -0.2) is 34.9 Å². The highest BCUT2D eigenvalue weighted by Gasteiger charge is 2.20. The second-order valence-electron chi connectivity index (χ2n) is 6.14. The van der Waals surface area contributed by atoms with Crippen molar-refractivity contribution in [1.82, 2.24) is 9.78 Å². The van der Waals surface area contributed by atoms with Gasteiger partial charge in [-0.3, -0.25) is 9.59 Å². The summed E-state index contributed by atoms with van der Waals surface area (Å²) < 4.78 is 24.4. The van der Waals surface area contributed by atoms with Gasteiger partial charge in [-0.25, -0.2) is 9.18 Å². The summed E-state index contributed by atoms with van der Waals surface area (Å²) in [5, 5.41) is 6.96. The summed E-state index contributed by atoms with van der Waals surface area (Å²) in [6.45, 7) is 1.28. The maximum Gasteiger partial charge on any atom is 0.360 e. The van der Waals surface area contributed by atoms with E-state index in [9.17, 15) is 18.8 Å². The fraction of sp³-hybridized carbons (Fsp3) is 0.143. The van der Waals surface area contributed by atoms with Gasteiger partial charge >= 0.3 is 5.97 Å². The van der Waals surface area contributed by atoms with E-state index >= 15 is 0 Å². The predicted molar refractivity (Wildman–Crippen MR) is 111 cm³/mol. The molecular formula is C21H17ClFN3O5. The van der Waals surface area contributed by atoms with Gasteiger partial charge in [0.05, 0.1) is 18.0 Å². The van der Waals surface area contributed by atoms with E-state index in [0.29, 0.717) is 10.8 Å². The predicted octanol–water partition coefficient (Wildman–Crippen LogP) is 3.22. The van der Waals surface area contributed by atoms with E-state index in [1.54, 1.807) is 31.2 Å². The maximum atomic E-state index is 13.2. The van der Waals surface area contributed by atoms with Crippen molar-refractivity contribution >= 4 is 29.2 Å². The Kier molecular flexibility index (Phi) is 6.99. The van der Waals surface area contributed by atoms with Crippen molar-refractivity contribution in [2.75, 3.05) is 18.5 Å². The molecule has 3 rings (SSSR count). The molecule has 160 valence electrons. The number of anilines is 1. The molecule has 1 amide bonds. The first-order chi connectivity index (χ1) is 14.9. The Hall–Kier alpha value is -3.72. The van der Waals surface area contributed by atoms with Gasteiger partial charge < -0.3 is 14.8 Å². The van der Waals surface area contributed by atoms with Crippen LogP contribution in [-0.2, 0) is 9.53 Å². The summed E-state index contributed by atoms with van der Waals surface area (Å²) in [5.74, 6) is -1.55. The smallest absolute Gasteiger partial charge is 0.360 e. The number of nitrogens with one attached hydrogen (secondary N) is 1. The van der Waals surface area contributed by atoms with Crippen molar-refractivity contribution in [2.45, 2.75) is 6.92 Å². The van der Waals surface area contributed by atoms with Crippen LogP contribution in [0.1, 0.15) is 17.4 Å². The lowest BCUT2D eigenvalue weighted by Gasteiger charge is -2.13. The van der Waals surface area contributed by atoms with Gasteiger partial charge in [0, 0.05) is 11.1 Å². The molecule has 10 heteroatoms. The lowest BCUT2D eigenvalue weighted by Crippen LogP contribution is -2.28. The highest BCUT2D eigenvalue weighted by molar-refractivity contribution is 6.30. The van der Waals surface area contributed by atoms with Gasteiger partial charge in [0.15, 0.2) is 12.3 Å². The minimum absolute atomic E-state index is 0.0588. The van der Waals surface area contributed by atoms with E-state index in [1.807, 2.05) is 0 Å². The number of halogens is 2. The van der Waals surface area contributed by atoms with Crippen molar-refractivity contribution in [3.05, 3.63) is 81.5 Å². The van der Waals surface area contributed by atoms with Crippen molar-refractivity contribution < 1.29 is 23.5 Å². The van der Waals surface area contributed by atoms with Crippen LogP contribution in [0.25, 0.3) is 5.69 Å². The summed E-state index contributed by atoms with van der Waals surface area (Å²) in [6, 6.07) is 12.4. The monoisotopic (exact) mass is 445 g/mol. The van der Waals surface area contributed by atoms with Crippen LogP contribution in [0, 0.1) is 5.82 Å². The summed E-state index contributed by atoms with van der Waals surface area (Å²) in [6.07, 6.45) is 0. The fourth-order valence-corrected chi connectivity index (χ4v) is 2.66. The van der Waals surface area contributed by atoms with Crippen LogP contribution in [0.4, 0.5) is 10.1 Å². The molecule has 1 N–H and O–H groups in total. The van der Waals surface area contributed by atoms with Gasteiger partial charge in [-0.1, -0.05) is 11.6 Å². The van der Waals surface area contributed by atoms with Crippen molar-refractivity contribution in [1.29, 1.82) is 0 Å². The molecule has 0 saturated heterocycles. The molecule has 0 aliphatic rings. The second-order valence-corrected chi connectivity index (χ2v) is 6.58. The SMILES string of the molecule is CCOC(=O)c1nn(-c2ccc(F)cc2)c(=O)cc1NC(=O)COc1ccc(Cl)cc1. The van der Waals surface area contributed by atoms with Crippen LogP contribution in [0.5, 0.6) is 5.75 Å². The standard InChI is InChI=1S/C21H17ClFN3O5/c1-2-30-21(29)20-17(24-18(27)12-31-16-9-3-13(22)4-10-16)11-19(28)26(25-20)15-7-5-14(23)6-8-15/h3-11H,2,12H2,1H3,(H,24,27). The molecule has 0 radical (unpaired) electrons. The second kappa shape index (κ2) is 9.86. The fourth-order valence-electron chi connectivity index (χ4n) is 2.53. The van der Waals surface area contributed by atoms with Gasteiger partial charge in [-0.2, -0.15) is 9.78 Å². The first-order valence-electron chi connectivity index (χ1n) is 9.13. The van der Waals surface area contributed by atoms with Gasteiger partial charge in [0.1, 0.15) is 11.6 Å². The summed E-state index contributed by atoms with van der Waals surface area (Å²) in [7, 11) is 0. The number of rotatable bonds is 7. The molecule has 8 nitrogen and oxygen atoms in total. The molecule has 0 aliphatic heterocycles. The number of hydrogen-bond donors (Lipinski definition) is 1. The normalized spacial score (nSPS) is 10.4. The Balaban J connectivity index is 1.85. The average Bonchev–Trinajstić information content (AvgIpc) is 2.74. The van der Waals surface area contributed by atoms with Crippen molar-refractivity contribution in [3.8, 4) is 11.4 Å². The number of amides is 1. The van der Waals surface area contributed by atoms with Crippen LogP contribution in [0.3, 0.4) is 0 Å². The molecule has 31 heavy (non-hydrogen) atoms. The first kappa shape index (κ1) is 22.0. The van der Waals surface area contributed by atoms with E-state index in [1.165, 1.54) is 12.1 Å². The molecule has 0 aliphatic carbocycles. The topological polar surface area (TPSA) is 99.5 Å². The van der Waals surface area contributed by atoms with Crippen molar-refractivity contribution in [2.24, 2.45) is 0 Å². The molecule has 0 spiro atoms. The Morgan fingerprint density at radius 3 is 2.45 bits per heavy atom. The zero-order valence-electron chi connectivity index (χ0n) is 16.3. The number of benzene rings is 2. The Morgan fingerprint density at radius 2 is 1.81 bits per heavy atom. The number of ether oxygens (including phenoxy) is 2. The number of aromatic nitrogens is 2. The van der Waals surface area contributed by atoms with Crippen molar-refractivity contribution in [3.63, 3.8) is 0 Å². The Labute approximate surface area is 181 Å². The van der Waals surface area contributed by atoms with Crippen LogP contribution < -0.4 is 15.6 Å². The average molecular weight is 446 g/mol. The molecule has 0 saturated carbocycles. The number of esters is 1. The van der Waals surface area contributed by atoms with E-state index < -0.39 is 23.3 Å². The lowest BCUT2D eigenvalue weighted by atomic mass is 10.3. The first-order valence-corrected chi connectivity index (χ1v) is 9.51. The number of hydrogen-bond acceptors (Lipinski definition) is 6. The molecule has 3 aromatic rings. The highest BCUT2D eigenvalue weighted by Crippen LogP contribution is 2.17. The Morgan fingerprint density at radius 1 is 1.13 bits per heavy atom. The van der Waals surface area contributed by atoms with Gasteiger partial charge in [-0.15, -0.1) is 0 Å². The zero-order valence-corrected chi connectivity index (χ0v) is 17.1. The third kappa shape index (κ3) is 5.67. The highest BCUT2D eigenvalue weighted by atomic mass is 35.5. The number of carbonyl (C=O) groups is 2. The third-order valence-electron chi connectivity index (χ3n) is 3.93. The minimum Gasteiger partial charge on any atom is -0.484 e. The molecule has 0 unspecified atom stereocenters. The molecule has 0 atom stereocenters. The van der Waals surface area contributed by atoms with E-state index in [0.717, 1.165) is 22.9 Å². The van der Waals surface area contributed by atoms with E-state index in [2.05, 4.69) is 10.4 Å². The van der Waals surface area contributed by atoms with Crippen LogP contribution in [0.2, 0.25) is 5.02 Å². The third-order valence-corrected chi connectivity index (χ3v) is 4.18. The summed E-state index contributed by atoms with van der Waals surface area (Å²) in [5.41, 5.74) is -0.827. The molecule has 1 heterocycles. The van der Waals surface area contributed by atoms with Crippen LogP contribution >= 0.6 is 11.6 Å². The molecular weight excluding hydrogens is 429 g/mol. The molecule has 0 fully saturated rings. The summed E-state index contributed by atoms with van der Waals surface area (Å²) in [4.78, 5) is 37.2. The molecule has 0 bridgehead atoms. The Bertz CT molecular complexity index is 1150. The molecule has 1 aromatic heterocycles. The van der Waals surface area contributed by atoms with E-state index in [4.69, 9.17) is 21.1 Å². The van der Waals surface area contributed by atoms with Gasteiger partial charge in [0.25, 0.3) is 11.5 Å². The number of nitrogens with zero attached hydrogens (tertiary/aromatic N) is 2. The maximum absolute atomic E-state index is 13.2. The van der Waals surface area contributed by atoms with Gasteiger partial charge in [-0.05, 0) is 55.5 Å². The quantitative estimate of drug-likeness (QED) is 0.560. The largest absolute Gasteiger partial charge is 0.484 e. The van der Waals surface area contributed by atoms with Crippen LogP contribution in [0.15, 0.2) is 59.4 Å². The zero-order chi connectivity index (χ0) is 22.4.